The lowest BCUT2D eigenvalue weighted by atomic mass is 10.2. The van der Waals surface area contributed by atoms with E-state index in [1.807, 2.05) is 0 Å². The van der Waals surface area contributed by atoms with Crippen molar-refractivity contribution in [3.05, 3.63) is 18.3 Å². The molecule has 0 aromatic carbocycles. The molecule has 1 saturated heterocycles. The first-order valence-electron chi connectivity index (χ1n) is 5.71. The molecule has 5 nitrogen and oxygen atoms in total. The Bertz CT molecular complexity index is 469. The molecular weight excluding hydrogens is 261 g/mol. The standard InChI is InChI=1S/C11H13F3N4O/c12-11(13,14)10(19)18-6-4-17(5-7-18)9-8(15)2-1-3-16-9/h1-3H,4-7,15H2. The monoisotopic (exact) mass is 274 g/mol. The molecule has 1 fully saturated rings. The number of rotatable bonds is 1. The van der Waals surface area contributed by atoms with Gasteiger partial charge >= 0.3 is 12.1 Å². The molecular formula is C11H13F3N4O. The van der Waals surface area contributed by atoms with Gasteiger partial charge in [0.2, 0.25) is 0 Å². The van der Waals surface area contributed by atoms with Crippen molar-refractivity contribution in [1.29, 1.82) is 0 Å². The molecule has 2 rings (SSSR count). The number of pyridine rings is 1. The van der Waals surface area contributed by atoms with E-state index in [0.717, 1.165) is 4.90 Å². The summed E-state index contributed by atoms with van der Waals surface area (Å²) < 4.78 is 36.8. The molecule has 0 spiro atoms. The molecule has 104 valence electrons. The number of hydrogen-bond acceptors (Lipinski definition) is 4. The van der Waals surface area contributed by atoms with E-state index in [2.05, 4.69) is 4.98 Å². The smallest absolute Gasteiger partial charge is 0.396 e. The molecule has 0 unspecified atom stereocenters. The lowest BCUT2D eigenvalue weighted by Crippen LogP contribution is -2.52. The Hall–Kier alpha value is -1.99. The summed E-state index contributed by atoms with van der Waals surface area (Å²) in [5.41, 5.74) is 6.22. The van der Waals surface area contributed by atoms with Crippen LogP contribution in [0, 0.1) is 0 Å². The van der Waals surface area contributed by atoms with E-state index >= 15 is 0 Å². The maximum atomic E-state index is 12.3. The van der Waals surface area contributed by atoms with Gasteiger partial charge in [-0.1, -0.05) is 0 Å². The van der Waals surface area contributed by atoms with Gasteiger partial charge in [-0.05, 0) is 12.1 Å². The van der Waals surface area contributed by atoms with Crippen LogP contribution in [0.2, 0.25) is 0 Å². The van der Waals surface area contributed by atoms with E-state index in [1.165, 1.54) is 0 Å². The highest BCUT2D eigenvalue weighted by Gasteiger charge is 2.43. The van der Waals surface area contributed by atoms with Crippen LogP contribution in [-0.2, 0) is 4.79 Å². The van der Waals surface area contributed by atoms with E-state index in [0.29, 0.717) is 11.5 Å². The molecule has 1 aromatic rings. The van der Waals surface area contributed by atoms with Crippen molar-refractivity contribution < 1.29 is 18.0 Å². The SMILES string of the molecule is Nc1cccnc1N1CCN(C(=O)C(F)(F)F)CC1. The highest BCUT2D eigenvalue weighted by atomic mass is 19.4. The second-order valence-corrected chi connectivity index (χ2v) is 4.19. The number of nitrogens with zero attached hydrogens (tertiary/aromatic N) is 3. The van der Waals surface area contributed by atoms with Crippen molar-refractivity contribution in [1.82, 2.24) is 9.88 Å². The Morgan fingerprint density at radius 3 is 2.42 bits per heavy atom. The summed E-state index contributed by atoms with van der Waals surface area (Å²) in [5.74, 6) is -1.25. The van der Waals surface area contributed by atoms with E-state index in [4.69, 9.17) is 5.73 Å². The van der Waals surface area contributed by atoms with Gasteiger partial charge < -0.3 is 15.5 Å². The van der Waals surface area contributed by atoms with E-state index < -0.39 is 12.1 Å². The minimum atomic E-state index is -4.81. The third-order valence-electron chi connectivity index (χ3n) is 2.93. The summed E-state index contributed by atoms with van der Waals surface area (Å²) in [6.45, 7) is 0.578. The minimum Gasteiger partial charge on any atom is -0.396 e. The quantitative estimate of drug-likeness (QED) is 0.825. The number of aromatic nitrogens is 1. The summed E-state index contributed by atoms with van der Waals surface area (Å²) >= 11 is 0. The van der Waals surface area contributed by atoms with E-state index in [1.54, 1.807) is 23.2 Å². The van der Waals surface area contributed by atoms with Gasteiger partial charge in [-0.2, -0.15) is 13.2 Å². The summed E-state index contributed by atoms with van der Waals surface area (Å²) in [7, 11) is 0. The van der Waals surface area contributed by atoms with E-state index in [-0.39, 0.29) is 26.2 Å². The van der Waals surface area contributed by atoms with Crippen molar-refractivity contribution in [3.63, 3.8) is 0 Å². The van der Waals surface area contributed by atoms with Crippen molar-refractivity contribution >= 4 is 17.4 Å². The number of carbonyl (C=O) groups is 1. The maximum absolute atomic E-state index is 12.3. The van der Waals surface area contributed by atoms with Crippen molar-refractivity contribution in [2.75, 3.05) is 36.8 Å². The summed E-state index contributed by atoms with van der Waals surface area (Å²) in [6, 6.07) is 3.36. The fourth-order valence-electron chi connectivity index (χ4n) is 1.97. The summed E-state index contributed by atoms with van der Waals surface area (Å²) in [6.07, 6.45) is -3.24. The van der Waals surface area contributed by atoms with Crippen LogP contribution in [0.5, 0.6) is 0 Å². The second-order valence-electron chi connectivity index (χ2n) is 4.19. The third kappa shape index (κ3) is 2.88. The first-order valence-corrected chi connectivity index (χ1v) is 5.71. The molecule has 19 heavy (non-hydrogen) atoms. The van der Waals surface area contributed by atoms with Crippen molar-refractivity contribution in [3.8, 4) is 0 Å². The lowest BCUT2D eigenvalue weighted by molar-refractivity contribution is -0.185. The van der Waals surface area contributed by atoms with Crippen LogP contribution in [-0.4, -0.2) is 48.1 Å². The zero-order valence-corrected chi connectivity index (χ0v) is 10.0. The topological polar surface area (TPSA) is 62.5 Å². The Balaban J connectivity index is 2.00. The molecule has 1 aliphatic heterocycles. The van der Waals surface area contributed by atoms with Crippen LogP contribution >= 0.6 is 0 Å². The Labute approximate surface area is 107 Å². The molecule has 2 N–H and O–H groups in total. The van der Waals surface area contributed by atoms with Gasteiger partial charge in [0, 0.05) is 32.4 Å². The average molecular weight is 274 g/mol. The highest BCUT2D eigenvalue weighted by molar-refractivity contribution is 5.82. The van der Waals surface area contributed by atoms with E-state index in [9.17, 15) is 18.0 Å². The number of halogens is 3. The van der Waals surface area contributed by atoms with Gasteiger partial charge in [-0.3, -0.25) is 4.79 Å². The van der Waals surface area contributed by atoms with Crippen molar-refractivity contribution in [2.45, 2.75) is 6.18 Å². The van der Waals surface area contributed by atoms with Gasteiger partial charge in [0.25, 0.3) is 0 Å². The Morgan fingerprint density at radius 1 is 1.26 bits per heavy atom. The largest absolute Gasteiger partial charge is 0.471 e. The molecule has 1 aromatic heterocycles. The molecule has 0 radical (unpaired) electrons. The molecule has 0 aliphatic carbocycles. The van der Waals surface area contributed by atoms with Crippen LogP contribution in [0.15, 0.2) is 18.3 Å². The molecule has 1 aliphatic rings. The Morgan fingerprint density at radius 2 is 1.89 bits per heavy atom. The molecule has 0 saturated carbocycles. The van der Waals surface area contributed by atoms with Gasteiger partial charge in [0.05, 0.1) is 5.69 Å². The number of carbonyl (C=O) groups excluding carboxylic acids is 1. The lowest BCUT2D eigenvalue weighted by Gasteiger charge is -2.35. The first kappa shape index (κ1) is 13.4. The summed E-state index contributed by atoms with van der Waals surface area (Å²) in [5, 5.41) is 0. The number of nitrogen functional groups attached to an aromatic ring is 1. The number of piperazine rings is 1. The van der Waals surface area contributed by atoms with Gasteiger partial charge in [0.15, 0.2) is 5.82 Å². The predicted molar refractivity (Wildman–Crippen MR) is 63.5 cm³/mol. The normalized spacial score (nSPS) is 16.6. The average Bonchev–Trinajstić information content (AvgIpc) is 2.38. The van der Waals surface area contributed by atoms with Crippen LogP contribution in [0.1, 0.15) is 0 Å². The fraction of sp³-hybridized carbons (Fsp3) is 0.455. The van der Waals surface area contributed by atoms with Gasteiger partial charge in [0.1, 0.15) is 0 Å². The second kappa shape index (κ2) is 4.94. The first-order chi connectivity index (χ1) is 8.89. The fourth-order valence-corrected chi connectivity index (χ4v) is 1.97. The van der Waals surface area contributed by atoms with Gasteiger partial charge in [-0.15, -0.1) is 0 Å². The van der Waals surface area contributed by atoms with Crippen molar-refractivity contribution in [2.24, 2.45) is 0 Å². The number of amides is 1. The maximum Gasteiger partial charge on any atom is 0.471 e. The molecule has 8 heteroatoms. The van der Waals surface area contributed by atoms with Crippen LogP contribution in [0.4, 0.5) is 24.7 Å². The van der Waals surface area contributed by atoms with Crippen LogP contribution in [0.3, 0.4) is 0 Å². The van der Waals surface area contributed by atoms with Crippen LogP contribution in [0.25, 0.3) is 0 Å². The predicted octanol–water partition coefficient (Wildman–Crippen LogP) is 0.875. The molecule has 0 atom stereocenters. The minimum absolute atomic E-state index is 0.00829. The zero-order valence-electron chi connectivity index (χ0n) is 10.0. The van der Waals surface area contributed by atoms with Gasteiger partial charge in [-0.25, -0.2) is 4.98 Å². The number of nitrogens with two attached hydrogens (primary N) is 1. The van der Waals surface area contributed by atoms with Crippen LogP contribution < -0.4 is 10.6 Å². The molecule has 2 heterocycles. The molecule has 1 amide bonds. The summed E-state index contributed by atoms with van der Waals surface area (Å²) in [4.78, 5) is 17.7. The number of anilines is 2. The number of hydrogen-bond donors (Lipinski definition) is 1. The Kier molecular flexibility index (Phi) is 3.50. The zero-order chi connectivity index (χ0) is 14.0. The highest BCUT2D eigenvalue weighted by Crippen LogP contribution is 2.23. The third-order valence-corrected chi connectivity index (χ3v) is 2.93. The molecule has 0 bridgehead atoms. The number of alkyl halides is 3.